The topological polar surface area (TPSA) is 60.7 Å². The summed E-state index contributed by atoms with van der Waals surface area (Å²) in [6, 6.07) is 17.3. The smallest absolute Gasteiger partial charge is 0.354 e. The van der Waals surface area contributed by atoms with Gasteiger partial charge in [-0.3, -0.25) is 4.57 Å². The maximum atomic E-state index is 12.0. The Labute approximate surface area is 142 Å². The molecule has 0 fully saturated rings. The second-order valence-corrected chi connectivity index (χ2v) is 6.24. The number of rotatable bonds is 4. The Bertz CT molecular complexity index is 946. The van der Waals surface area contributed by atoms with E-state index in [9.17, 15) is 9.90 Å². The van der Waals surface area contributed by atoms with Gasteiger partial charge in [0, 0.05) is 16.4 Å². The number of nitrogens with zero attached hydrogens (tertiary/aromatic N) is 1. The highest BCUT2D eigenvalue weighted by molar-refractivity contribution is 7.99. The van der Waals surface area contributed by atoms with Gasteiger partial charge in [-0.1, -0.05) is 48.2 Å². The molecular formula is C18H13NO4S. The number of carboxylic acid groups (broad SMARTS) is 1. The molecule has 0 radical (unpaired) electrons. The van der Waals surface area contributed by atoms with Gasteiger partial charge in [0.05, 0.1) is 10.4 Å². The Morgan fingerprint density at radius 2 is 1.83 bits per heavy atom. The Morgan fingerprint density at radius 3 is 2.54 bits per heavy atom. The maximum Gasteiger partial charge on any atom is 0.354 e. The van der Waals surface area contributed by atoms with E-state index >= 15 is 0 Å². The van der Waals surface area contributed by atoms with Gasteiger partial charge in [0.15, 0.2) is 0 Å². The Morgan fingerprint density at radius 1 is 1.08 bits per heavy atom. The van der Waals surface area contributed by atoms with Gasteiger partial charge in [0.25, 0.3) is 0 Å². The number of hydrogen-bond donors (Lipinski definition) is 1. The molecule has 5 nitrogen and oxygen atoms in total. The average Bonchev–Trinajstić information content (AvgIpc) is 3.22. The molecule has 0 saturated heterocycles. The molecule has 1 N–H and O–H groups in total. The number of fused-ring (bicyclic) bond motifs is 1. The lowest BCUT2D eigenvalue weighted by Gasteiger charge is -2.08. The van der Waals surface area contributed by atoms with E-state index in [4.69, 9.17) is 9.78 Å². The van der Waals surface area contributed by atoms with Crippen molar-refractivity contribution in [1.82, 2.24) is 4.57 Å². The zero-order chi connectivity index (χ0) is 16.5. The number of carboxylic acids is 1. The predicted molar refractivity (Wildman–Crippen MR) is 90.8 cm³/mol. The molecule has 4 rings (SSSR count). The lowest BCUT2D eigenvalue weighted by atomic mass is 10.2. The number of hydrogen-bond acceptors (Lipinski definition) is 4. The molecule has 1 aliphatic rings. The average molecular weight is 339 g/mol. The summed E-state index contributed by atoms with van der Waals surface area (Å²) >= 11 is 1.43. The number of aromatic nitrogens is 1. The second kappa shape index (κ2) is 6.07. The van der Waals surface area contributed by atoms with Crippen LogP contribution in [0.25, 0.3) is 16.8 Å². The van der Waals surface area contributed by atoms with Crippen LogP contribution in [0.4, 0.5) is 0 Å². The molecule has 0 amide bonds. The molecule has 1 aliphatic heterocycles. The first-order valence-electron chi connectivity index (χ1n) is 7.35. The van der Waals surface area contributed by atoms with Crippen molar-refractivity contribution in [2.45, 2.75) is 9.79 Å². The number of carbonyl (C=O) groups is 1. The molecule has 1 aromatic heterocycles. The van der Waals surface area contributed by atoms with Crippen LogP contribution in [0.1, 0.15) is 10.5 Å². The predicted octanol–water partition coefficient (Wildman–Crippen LogP) is 4.25. The van der Waals surface area contributed by atoms with Gasteiger partial charge in [-0.2, -0.15) is 4.89 Å². The van der Waals surface area contributed by atoms with Crippen LogP contribution >= 0.6 is 11.8 Å². The molecular weight excluding hydrogens is 326 g/mol. The monoisotopic (exact) mass is 339 g/mol. The summed E-state index contributed by atoms with van der Waals surface area (Å²) in [5.74, 6) is -0.635. The fraction of sp³-hybridized carbons (Fsp3) is 0.0556. The standard InChI is InChI=1S/C18H13NO4S/c20-18(21)16-17(24-12-6-2-1-3-7-12)13-8-4-5-9-14(13)19(16)15-10-11-22-23-15/h1-10H,11H2,(H,20,21). The van der Waals surface area contributed by atoms with Crippen molar-refractivity contribution in [2.75, 3.05) is 6.61 Å². The van der Waals surface area contributed by atoms with Crippen LogP contribution in [0.2, 0.25) is 0 Å². The first-order chi connectivity index (χ1) is 11.8. The lowest BCUT2D eigenvalue weighted by molar-refractivity contribution is -0.213. The minimum absolute atomic E-state index is 0.168. The molecule has 0 unspecified atom stereocenters. The van der Waals surface area contributed by atoms with Gasteiger partial charge in [0.1, 0.15) is 12.3 Å². The fourth-order valence-corrected chi connectivity index (χ4v) is 3.79. The molecule has 120 valence electrons. The van der Waals surface area contributed by atoms with Crippen LogP contribution in [0.5, 0.6) is 0 Å². The summed E-state index contributed by atoms with van der Waals surface area (Å²) in [4.78, 5) is 23.7. The summed E-state index contributed by atoms with van der Waals surface area (Å²) in [7, 11) is 0. The molecule has 0 spiro atoms. The molecule has 2 aromatic carbocycles. The molecule has 0 saturated carbocycles. The molecule has 24 heavy (non-hydrogen) atoms. The van der Waals surface area contributed by atoms with Gasteiger partial charge >= 0.3 is 5.97 Å². The molecule has 2 heterocycles. The van der Waals surface area contributed by atoms with Gasteiger partial charge < -0.3 is 9.99 Å². The van der Waals surface area contributed by atoms with Gasteiger partial charge in [-0.25, -0.2) is 4.79 Å². The molecule has 0 bridgehead atoms. The number of benzene rings is 2. The highest BCUT2D eigenvalue weighted by Gasteiger charge is 2.27. The number of para-hydroxylation sites is 1. The van der Waals surface area contributed by atoms with E-state index in [0.29, 0.717) is 17.4 Å². The third-order valence-corrected chi connectivity index (χ3v) is 4.81. The summed E-state index contributed by atoms with van der Waals surface area (Å²) < 4.78 is 1.59. The summed E-state index contributed by atoms with van der Waals surface area (Å²) in [5.41, 5.74) is 0.937. The summed E-state index contributed by atoms with van der Waals surface area (Å²) in [6.07, 6.45) is 1.72. The lowest BCUT2D eigenvalue weighted by Crippen LogP contribution is -2.09. The first-order valence-corrected chi connectivity index (χ1v) is 8.17. The van der Waals surface area contributed by atoms with E-state index in [0.717, 1.165) is 15.8 Å². The van der Waals surface area contributed by atoms with Crippen molar-refractivity contribution in [3.05, 3.63) is 66.4 Å². The largest absolute Gasteiger partial charge is 0.477 e. The van der Waals surface area contributed by atoms with Crippen molar-refractivity contribution in [3.8, 4) is 0 Å². The third-order valence-electron chi connectivity index (χ3n) is 3.68. The Kier molecular flexibility index (Phi) is 3.76. The molecule has 3 aromatic rings. The van der Waals surface area contributed by atoms with E-state index in [-0.39, 0.29) is 5.69 Å². The Balaban J connectivity index is 1.98. The Hall–Kier alpha value is -2.70. The zero-order valence-electron chi connectivity index (χ0n) is 12.5. The van der Waals surface area contributed by atoms with Crippen molar-refractivity contribution >= 4 is 34.5 Å². The summed E-state index contributed by atoms with van der Waals surface area (Å²) in [5, 5.41) is 10.7. The highest BCUT2D eigenvalue weighted by Crippen LogP contribution is 2.40. The quantitative estimate of drug-likeness (QED) is 0.720. The van der Waals surface area contributed by atoms with Crippen molar-refractivity contribution < 1.29 is 19.7 Å². The van der Waals surface area contributed by atoms with E-state index in [1.165, 1.54) is 11.8 Å². The van der Waals surface area contributed by atoms with E-state index in [2.05, 4.69) is 0 Å². The first kappa shape index (κ1) is 14.9. The summed E-state index contributed by atoms with van der Waals surface area (Å²) in [6.45, 7) is 0.294. The SMILES string of the molecule is O=C(O)c1c(Sc2ccccc2)c2ccccc2n1C1=CCOO1. The van der Waals surface area contributed by atoms with Crippen LogP contribution in [-0.2, 0) is 9.78 Å². The van der Waals surface area contributed by atoms with Crippen LogP contribution in [0.15, 0.2) is 70.5 Å². The zero-order valence-corrected chi connectivity index (χ0v) is 13.3. The normalized spacial score (nSPS) is 13.8. The maximum absolute atomic E-state index is 12.0. The van der Waals surface area contributed by atoms with Gasteiger partial charge in [-0.05, 0) is 18.2 Å². The number of aromatic carboxylic acids is 1. The van der Waals surface area contributed by atoms with Crippen molar-refractivity contribution in [2.24, 2.45) is 0 Å². The fourth-order valence-electron chi connectivity index (χ4n) is 2.70. The van der Waals surface area contributed by atoms with Crippen molar-refractivity contribution in [1.29, 1.82) is 0 Å². The molecule has 0 atom stereocenters. The van der Waals surface area contributed by atoms with Gasteiger partial charge in [0.2, 0.25) is 5.88 Å². The van der Waals surface area contributed by atoms with E-state index < -0.39 is 5.97 Å². The minimum Gasteiger partial charge on any atom is -0.477 e. The molecule has 0 aliphatic carbocycles. The molecule has 6 heteroatoms. The van der Waals surface area contributed by atoms with Crippen LogP contribution in [-0.4, -0.2) is 22.2 Å². The third kappa shape index (κ3) is 2.46. The van der Waals surface area contributed by atoms with E-state index in [1.54, 1.807) is 10.6 Å². The van der Waals surface area contributed by atoms with Crippen LogP contribution in [0, 0.1) is 0 Å². The van der Waals surface area contributed by atoms with Gasteiger partial charge in [-0.15, -0.1) is 0 Å². The van der Waals surface area contributed by atoms with E-state index in [1.807, 2.05) is 54.6 Å². The minimum atomic E-state index is -1.01. The van der Waals surface area contributed by atoms with Crippen LogP contribution < -0.4 is 0 Å². The highest BCUT2D eigenvalue weighted by atomic mass is 32.2. The van der Waals surface area contributed by atoms with Crippen molar-refractivity contribution in [3.63, 3.8) is 0 Å². The van der Waals surface area contributed by atoms with Crippen LogP contribution in [0.3, 0.4) is 0 Å². The second-order valence-electron chi connectivity index (χ2n) is 5.16.